The Balaban J connectivity index is 0.000000711. The quantitative estimate of drug-likeness (QED) is 0.219. The number of aryl methyl sites for hydroxylation is 1. The molecule has 5 aromatic carbocycles. The summed E-state index contributed by atoms with van der Waals surface area (Å²) in [5, 5.41) is 5.21. The smallest absolute Gasteiger partial charge is 0.243 e. The van der Waals surface area contributed by atoms with Gasteiger partial charge < -0.3 is 0 Å². The normalized spacial score (nSPS) is 10.5. The van der Waals surface area contributed by atoms with Crippen molar-refractivity contribution in [2.45, 2.75) is 40.5 Å². The van der Waals surface area contributed by atoms with Crippen molar-refractivity contribution in [3.63, 3.8) is 0 Å². The highest BCUT2D eigenvalue weighted by Crippen LogP contribution is 2.18. The van der Waals surface area contributed by atoms with Crippen LogP contribution in [0.4, 0.5) is 4.39 Å². The number of allylic oxidation sites excluding steroid dienone is 1. The molecular formula is C35H38BF. The summed E-state index contributed by atoms with van der Waals surface area (Å²) < 4.78 is 9.50. The summed E-state index contributed by atoms with van der Waals surface area (Å²) in [6, 6.07) is 37.8. The Hall–Kier alpha value is -3.65. The highest BCUT2D eigenvalue weighted by atomic mass is 19.1. The monoisotopic (exact) mass is 488 g/mol. The third kappa shape index (κ3) is 6.20. The van der Waals surface area contributed by atoms with Crippen molar-refractivity contribution in [2.75, 3.05) is 7.18 Å². The minimum Gasteiger partial charge on any atom is -0.255 e. The Labute approximate surface area is 223 Å². The van der Waals surface area contributed by atoms with Gasteiger partial charge in [-0.15, -0.1) is 0 Å². The van der Waals surface area contributed by atoms with Crippen molar-refractivity contribution >= 4 is 50.7 Å². The van der Waals surface area contributed by atoms with Gasteiger partial charge in [-0.1, -0.05) is 159 Å². The molecule has 2 heteroatoms. The first kappa shape index (κ1) is 27.9. The molecule has 0 aliphatic heterocycles. The van der Waals surface area contributed by atoms with Crippen molar-refractivity contribution in [2.24, 2.45) is 0 Å². The van der Waals surface area contributed by atoms with E-state index >= 15 is 0 Å². The van der Waals surface area contributed by atoms with E-state index in [2.05, 4.69) is 143 Å². The average Bonchev–Trinajstić information content (AvgIpc) is 2.96. The molecule has 188 valence electrons. The lowest BCUT2D eigenvalue weighted by Gasteiger charge is -2.23. The van der Waals surface area contributed by atoms with Gasteiger partial charge in [0.1, 0.15) is 0 Å². The second-order valence-electron chi connectivity index (χ2n) is 9.05. The molecule has 0 fully saturated rings. The van der Waals surface area contributed by atoms with Crippen LogP contribution < -0.4 is 16.4 Å². The maximum absolute atomic E-state index is 9.50. The Kier molecular flexibility index (Phi) is 10.7. The summed E-state index contributed by atoms with van der Waals surface area (Å²) in [4.78, 5) is 0. The molecule has 0 aromatic heterocycles. The molecule has 0 amide bonds. The van der Waals surface area contributed by atoms with Crippen LogP contribution in [0.15, 0.2) is 109 Å². The second kappa shape index (κ2) is 14.2. The predicted octanol–water partition coefficient (Wildman–Crippen LogP) is 8.11. The number of fused-ring (bicyclic) bond motifs is 2. The van der Waals surface area contributed by atoms with E-state index < -0.39 is 0 Å². The van der Waals surface area contributed by atoms with Crippen LogP contribution in [-0.2, 0) is 6.42 Å². The Morgan fingerprint density at radius 2 is 1.03 bits per heavy atom. The Morgan fingerprint density at radius 1 is 0.595 bits per heavy atom. The van der Waals surface area contributed by atoms with Crippen molar-refractivity contribution in [1.82, 2.24) is 0 Å². The molecule has 0 heterocycles. The van der Waals surface area contributed by atoms with Crippen LogP contribution in [0.1, 0.15) is 45.2 Å². The Bertz CT molecular complexity index is 1360. The van der Waals surface area contributed by atoms with E-state index in [4.69, 9.17) is 0 Å². The zero-order valence-corrected chi connectivity index (χ0v) is 22.8. The lowest BCUT2D eigenvalue weighted by Crippen LogP contribution is -2.53. The predicted molar refractivity (Wildman–Crippen MR) is 166 cm³/mol. The summed E-state index contributed by atoms with van der Waals surface area (Å²) in [7, 11) is 0.500. The number of benzene rings is 5. The largest absolute Gasteiger partial charge is 0.255 e. The van der Waals surface area contributed by atoms with Crippen LogP contribution in [0.25, 0.3) is 27.6 Å². The third-order valence-electron chi connectivity index (χ3n) is 6.52. The number of hydrogen-bond donors (Lipinski definition) is 0. The van der Waals surface area contributed by atoms with E-state index in [1.807, 2.05) is 0 Å². The fourth-order valence-corrected chi connectivity index (χ4v) is 5.07. The lowest BCUT2D eigenvalue weighted by molar-refractivity contribution is 0.636. The van der Waals surface area contributed by atoms with Gasteiger partial charge in [-0.25, -0.2) is 0 Å². The van der Waals surface area contributed by atoms with Gasteiger partial charge in [-0.2, -0.15) is 0 Å². The highest BCUT2D eigenvalue weighted by Gasteiger charge is 2.27. The van der Waals surface area contributed by atoms with E-state index in [1.165, 1.54) is 55.5 Å². The first-order valence-corrected chi connectivity index (χ1v) is 13.3. The molecule has 0 saturated carbocycles. The van der Waals surface area contributed by atoms with Gasteiger partial charge in [0.15, 0.2) is 0 Å². The molecule has 0 radical (unpaired) electrons. The zero-order valence-electron chi connectivity index (χ0n) is 22.8. The fourth-order valence-electron chi connectivity index (χ4n) is 5.07. The molecule has 0 aliphatic rings. The van der Waals surface area contributed by atoms with Gasteiger partial charge in [-0.3, -0.25) is 4.39 Å². The van der Waals surface area contributed by atoms with E-state index in [0.29, 0.717) is 7.18 Å². The van der Waals surface area contributed by atoms with E-state index in [9.17, 15) is 4.39 Å². The van der Waals surface area contributed by atoms with Gasteiger partial charge in [0.05, 0.1) is 7.18 Å². The van der Waals surface area contributed by atoms with Crippen molar-refractivity contribution in [3.8, 4) is 0 Å². The molecule has 0 N–H and O–H groups in total. The Morgan fingerprint density at radius 3 is 1.51 bits per heavy atom. The molecule has 5 rings (SSSR count). The van der Waals surface area contributed by atoms with Gasteiger partial charge in [-0.05, 0) is 46.0 Å². The fraction of sp³-hybridized carbons (Fsp3) is 0.200. The van der Waals surface area contributed by atoms with E-state index in [1.54, 1.807) is 0 Å². The lowest BCUT2D eigenvalue weighted by atomic mass is 9.35. The minimum absolute atomic E-state index is 0.143. The molecule has 0 saturated heterocycles. The second-order valence-corrected chi connectivity index (χ2v) is 9.05. The summed E-state index contributed by atoms with van der Waals surface area (Å²) in [5.74, 6) is 0. The number of hydrogen-bond acceptors (Lipinski definition) is 0. The van der Waals surface area contributed by atoms with Crippen LogP contribution in [0.2, 0.25) is 0 Å². The number of halogens is 1. The molecule has 0 atom stereocenters. The molecule has 5 aromatic rings. The summed E-state index contributed by atoms with van der Waals surface area (Å²) in [6.07, 6.45) is 6.73. The van der Waals surface area contributed by atoms with Crippen LogP contribution in [0.5, 0.6) is 0 Å². The topological polar surface area (TPSA) is 0 Å². The zero-order chi connectivity index (χ0) is 26.6. The first-order valence-electron chi connectivity index (χ1n) is 13.3. The maximum Gasteiger partial charge on any atom is 0.243 e. The molecule has 0 nitrogen and oxygen atoms in total. The summed E-state index contributed by atoms with van der Waals surface area (Å²) in [6.45, 7) is 8.75. The standard InChI is InChI=1S/C31H27B.C3H8.CH3F/c1-3-12-26-23(4-2)15-9-20-29(26)32(30-21-10-16-24-13-5-7-18-27(24)30)31-22-11-17-25-14-6-8-19-28(25)31;1-3-2;1-2/h3,5-22H,4H2,1-2H3;3H2,1-2H3;1H3/b12-3-;;. The number of alkyl halides is 1. The highest BCUT2D eigenvalue weighted by molar-refractivity contribution is 6.98. The molecular weight excluding hydrogens is 450 g/mol. The maximum atomic E-state index is 9.50. The average molecular weight is 488 g/mol. The molecule has 0 spiro atoms. The minimum atomic E-state index is 0.143. The van der Waals surface area contributed by atoms with Gasteiger partial charge in [0, 0.05) is 0 Å². The van der Waals surface area contributed by atoms with Gasteiger partial charge >= 0.3 is 0 Å². The van der Waals surface area contributed by atoms with Crippen LogP contribution in [-0.4, -0.2) is 13.9 Å². The summed E-state index contributed by atoms with van der Waals surface area (Å²) >= 11 is 0. The SMILES string of the molecule is C/C=C\c1c(CC)cccc1B(c1cccc2ccccc12)c1cccc2ccccc12.CCC.CF. The van der Waals surface area contributed by atoms with Crippen molar-refractivity contribution < 1.29 is 4.39 Å². The molecule has 0 aliphatic carbocycles. The first-order chi connectivity index (χ1) is 18.2. The van der Waals surface area contributed by atoms with Gasteiger partial charge in [0.25, 0.3) is 0 Å². The van der Waals surface area contributed by atoms with Crippen molar-refractivity contribution in [3.05, 3.63) is 120 Å². The van der Waals surface area contributed by atoms with Crippen LogP contribution >= 0.6 is 0 Å². The van der Waals surface area contributed by atoms with Crippen LogP contribution in [0.3, 0.4) is 0 Å². The molecule has 37 heavy (non-hydrogen) atoms. The van der Waals surface area contributed by atoms with E-state index in [0.717, 1.165) is 6.42 Å². The third-order valence-corrected chi connectivity index (χ3v) is 6.52. The number of rotatable bonds is 5. The summed E-state index contributed by atoms with van der Waals surface area (Å²) in [5.41, 5.74) is 6.83. The van der Waals surface area contributed by atoms with Crippen LogP contribution in [0, 0.1) is 0 Å². The molecule has 0 unspecified atom stereocenters. The van der Waals surface area contributed by atoms with Crippen molar-refractivity contribution in [1.29, 1.82) is 0 Å². The molecule has 0 bridgehead atoms. The van der Waals surface area contributed by atoms with E-state index in [-0.39, 0.29) is 6.71 Å². The van der Waals surface area contributed by atoms with Gasteiger partial charge in [0.2, 0.25) is 6.71 Å².